The first-order chi connectivity index (χ1) is 10.5. The van der Waals surface area contributed by atoms with E-state index in [0.717, 1.165) is 5.56 Å². The summed E-state index contributed by atoms with van der Waals surface area (Å²) in [7, 11) is 1.69. The topological polar surface area (TPSA) is 58.4 Å². The molecule has 0 saturated heterocycles. The van der Waals surface area contributed by atoms with E-state index in [9.17, 15) is 9.90 Å². The molecule has 1 aromatic carbocycles. The van der Waals surface area contributed by atoms with Crippen LogP contribution in [0.5, 0.6) is 0 Å². The van der Waals surface area contributed by atoms with E-state index in [1.165, 1.54) is 4.90 Å². The molecule has 1 heterocycles. The smallest absolute Gasteiger partial charge is 0.274 e. The monoisotopic (exact) mass is 301 g/mol. The first kappa shape index (κ1) is 16.2. The molecule has 0 aliphatic heterocycles. The summed E-state index contributed by atoms with van der Waals surface area (Å²) in [6.45, 7) is 4.30. The third-order valence-corrected chi connectivity index (χ3v) is 3.50. The maximum Gasteiger partial charge on any atom is 0.274 e. The summed E-state index contributed by atoms with van der Waals surface area (Å²) < 4.78 is 1.75. The second-order valence-corrected chi connectivity index (χ2v) is 5.80. The highest BCUT2D eigenvalue weighted by molar-refractivity contribution is 5.92. The van der Waals surface area contributed by atoms with Gasteiger partial charge in [0.25, 0.3) is 5.91 Å². The quantitative estimate of drug-likeness (QED) is 0.889. The predicted octanol–water partition coefficient (Wildman–Crippen LogP) is 2.14. The number of aromatic nitrogens is 2. The van der Waals surface area contributed by atoms with Crippen LogP contribution in [0.3, 0.4) is 0 Å². The summed E-state index contributed by atoms with van der Waals surface area (Å²) in [5, 5.41) is 14.4. The highest BCUT2D eigenvalue weighted by Crippen LogP contribution is 2.08. The van der Waals surface area contributed by atoms with Crippen molar-refractivity contribution in [3.63, 3.8) is 0 Å². The van der Waals surface area contributed by atoms with Crippen LogP contribution in [0, 0.1) is 0 Å². The van der Waals surface area contributed by atoms with Crippen molar-refractivity contribution in [1.82, 2.24) is 14.7 Å². The second kappa shape index (κ2) is 7.22. The fraction of sp³-hybridized carbons (Fsp3) is 0.412. The zero-order valence-electron chi connectivity index (χ0n) is 13.3. The zero-order chi connectivity index (χ0) is 16.1. The fourth-order valence-electron chi connectivity index (χ4n) is 2.29. The van der Waals surface area contributed by atoms with Crippen LogP contribution in [0.25, 0.3) is 0 Å². The summed E-state index contributed by atoms with van der Waals surface area (Å²) in [4.78, 5) is 13.8. The molecule has 1 amide bonds. The first-order valence-corrected chi connectivity index (χ1v) is 7.50. The van der Waals surface area contributed by atoms with Gasteiger partial charge in [0.1, 0.15) is 5.69 Å². The first-order valence-electron chi connectivity index (χ1n) is 7.50. The number of hydrogen-bond acceptors (Lipinski definition) is 3. The van der Waals surface area contributed by atoms with Gasteiger partial charge >= 0.3 is 0 Å². The highest BCUT2D eigenvalue weighted by Gasteiger charge is 2.18. The molecular weight excluding hydrogens is 278 g/mol. The summed E-state index contributed by atoms with van der Waals surface area (Å²) in [6.07, 6.45) is 1.73. The molecule has 2 rings (SSSR count). The Bertz CT molecular complexity index is 607. The average molecular weight is 301 g/mol. The molecule has 0 unspecified atom stereocenters. The van der Waals surface area contributed by atoms with Crippen molar-refractivity contribution in [3.8, 4) is 0 Å². The van der Waals surface area contributed by atoms with Gasteiger partial charge in [0.2, 0.25) is 0 Å². The van der Waals surface area contributed by atoms with Crippen LogP contribution >= 0.6 is 0 Å². The number of benzene rings is 1. The normalized spacial score (nSPS) is 12.4. The lowest BCUT2D eigenvalue weighted by atomic mass is 10.1. The van der Waals surface area contributed by atoms with E-state index < -0.39 is 6.10 Å². The lowest BCUT2D eigenvalue weighted by Crippen LogP contribution is -2.35. The molecule has 5 nitrogen and oxygen atoms in total. The maximum atomic E-state index is 12.3. The Kier molecular flexibility index (Phi) is 5.33. The molecule has 1 N–H and O–H groups in total. The fourth-order valence-corrected chi connectivity index (χ4v) is 2.29. The number of aliphatic hydroxyl groups excluding tert-OH is 1. The molecule has 118 valence electrons. The number of carbonyl (C=O) groups excluding carboxylic acids is 1. The van der Waals surface area contributed by atoms with Gasteiger partial charge in [0.15, 0.2) is 0 Å². The molecule has 0 saturated carbocycles. The third kappa shape index (κ3) is 4.18. The number of likely N-dealkylation sites (N-methyl/N-ethyl adjacent to an activating group) is 1. The van der Waals surface area contributed by atoms with Crippen molar-refractivity contribution in [3.05, 3.63) is 53.9 Å². The van der Waals surface area contributed by atoms with Gasteiger partial charge in [-0.05, 0) is 25.5 Å². The van der Waals surface area contributed by atoms with Gasteiger partial charge in [-0.2, -0.15) is 5.10 Å². The number of aliphatic hydroxyl groups is 1. The molecule has 0 bridgehead atoms. The van der Waals surface area contributed by atoms with Crippen molar-refractivity contribution in [1.29, 1.82) is 0 Å². The van der Waals surface area contributed by atoms with E-state index in [1.807, 2.05) is 44.2 Å². The van der Waals surface area contributed by atoms with Crippen molar-refractivity contribution in [2.24, 2.45) is 0 Å². The Morgan fingerprint density at radius 2 is 1.95 bits per heavy atom. The number of amides is 1. The van der Waals surface area contributed by atoms with Gasteiger partial charge in [0, 0.05) is 32.3 Å². The maximum absolute atomic E-state index is 12.3. The minimum Gasteiger partial charge on any atom is -0.391 e. The molecule has 0 radical (unpaired) electrons. The lowest BCUT2D eigenvalue weighted by Gasteiger charge is -2.20. The van der Waals surface area contributed by atoms with E-state index in [4.69, 9.17) is 0 Å². The SMILES string of the molecule is CC(C)n1ccc(C(=O)N(C)C[C@H](O)Cc2ccccc2)n1. The van der Waals surface area contributed by atoms with Gasteiger partial charge in [-0.25, -0.2) is 0 Å². The molecule has 0 aliphatic rings. The minimum absolute atomic E-state index is 0.175. The summed E-state index contributed by atoms with van der Waals surface area (Å²) in [5.74, 6) is -0.175. The van der Waals surface area contributed by atoms with Gasteiger partial charge < -0.3 is 10.0 Å². The van der Waals surface area contributed by atoms with Crippen LogP contribution in [0.2, 0.25) is 0 Å². The number of hydrogen-bond donors (Lipinski definition) is 1. The molecule has 22 heavy (non-hydrogen) atoms. The number of rotatable bonds is 6. The molecule has 0 fully saturated rings. The van der Waals surface area contributed by atoms with Crippen LogP contribution in [0.1, 0.15) is 35.9 Å². The zero-order valence-corrected chi connectivity index (χ0v) is 13.3. The van der Waals surface area contributed by atoms with E-state index in [0.29, 0.717) is 12.1 Å². The van der Waals surface area contributed by atoms with Crippen molar-refractivity contribution in [2.45, 2.75) is 32.4 Å². The molecular formula is C17H23N3O2. The Labute approximate surface area is 131 Å². The summed E-state index contributed by atoms with van der Waals surface area (Å²) in [6, 6.07) is 11.7. The number of nitrogens with zero attached hydrogens (tertiary/aromatic N) is 3. The van der Waals surface area contributed by atoms with E-state index in [-0.39, 0.29) is 18.5 Å². The third-order valence-electron chi connectivity index (χ3n) is 3.50. The Morgan fingerprint density at radius 1 is 1.27 bits per heavy atom. The average Bonchev–Trinajstić information content (AvgIpc) is 2.97. The molecule has 0 aliphatic carbocycles. The lowest BCUT2D eigenvalue weighted by molar-refractivity contribution is 0.0675. The molecule has 1 aromatic heterocycles. The van der Waals surface area contributed by atoms with Crippen LogP contribution in [0.4, 0.5) is 0 Å². The Morgan fingerprint density at radius 3 is 2.55 bits per heavy atom. The van der Waals surface area contributed by atoms with Gasteiger partial charge in [-0.1, -0.05) is 30.3 Å². The van der Waals surface area contributed by atoms with Crippen LogP contribution in [-0.2, 0) is 6.42 Å². The predicted molar refractivity (Wildman–Crippen MR) is 85.7 cm³/mol. The van der Waals surface area contributed by atoms with Crippen LogP contribution in [0.15, 0.2) is 42.6 Å². The minimum atomic E-state index is -0.594. The van der Waals surface area contributed by atoms with Crippen LogP contribution in [-0.4, -0.2) is 45.4 Å². The van der Waals surface area contributed by atoms with Gasteiger partial charge in [0.05, 0.1) is 6.10 Å². The summed E-state index contributed by atoms with van der Waals surface area (Å²) in [5.41, 5.74) is 1.46. The molecule has 2 aromatic rings. The van der Waals surface area contributed by atoms with Crippen molar-refractivity contribution in [2.75, 3.05) is 13.6 Å². The number of carbonyl (C=O) groups is 1. The molecule has 0 spiro atoms. The van der Waals surface area contributed by atoms with E-state index in [2.05, 4.69) is 5.10 Å². The summed E-state index contributed by atoms with van der Waals surface area (Å²) >= 11 is 0. The van der Waals surface area contributed by atoms with Crippen LogP contribution < -0.4 is 0 Å². The largest absolute Gasteiger partial charge is 0.391 e. The standard InChI is InChI=1S/C17H23N3O2/c1-13(2)20-10-9-16(18-20)17(22)19(3)12-15(21)11-14-7-5-4-6-8-14/h4-10,13,15,21H,11-12H2,1-3H3/t15-/m1/s1. The molecule has 5 heteroatoms. The van der Waals surface area contributed by atoms with E-state index >= 15 is 0 Å². The van der Waals surface area contributed by atoms with E-state index in [1.54, 1.807) is 24.0 Å². The van der Waals surface area contributed by atoms with Crippen molar-refractivity contribution >= 4 is 5.91 Å². The van der Waals surface area contributed by atoms with Gasteiger partial charge in [-0.15, -0.1) is 0 Å². The van der Waals surface area contributed by atoms with Crippen molar-refractivity contribution < 1.29 is 9.90 Å². The molecule has 1 atom stereocenters. The highest BCUT2D eigenvalue weighted by atomic mass is 16.3. The Balaban J connectivity index is 1.92. The van der Waals surface area contributed by atoms with Gasteiger partial charge in [-0.3, -0.25) is 9.48 Å². The Hall–Kier alpha value is -2.14. The second-order valence-electron chi connectivity index (χ2n) is 5.80.